The Labute approximate surface area is 82.0 Å². The quantitative estimate of drug-likeness (QED) is 0.660. The van der Waals surface area contributed by atoms with Crippen LogP contribution in [0.4, 0.5) is 5.82 Å². The standard InChI is InChI=1S/C8H14N4O2/c1-8(2,3)12-6(9)5(10-11-12)7(13)14-4/h9H2,1-4H3. The molecule has 0 atom stereocenters. The zero-order chi connectivity index (χ0) is 10.9. The average Bonchev–Trinajstić information content (AvgIpc) is 2.45. The van der Waals surface area contributed by atoms with E-state index in [1.54, 1.807) is 0 Å². The highest BCUT2D eigenvalue weighted by Crippen LogP contribution is 2.19. The number of carbonyl (C=O) groups excluding carboxylic acids is 1. The van der Waals surface area contributed by atoms with Crippen molar-refractivity contribution in [1.29, 1.82) is 0 Å². The minimum Gasteiger partial charge on any atom is -0.464 e. The molecule has 1 heterocycles. The molecule has 0 saturated carbocycles. The first kappa shape index (κ1) is 10.5. The van der Waals surface area contributed by atoms with E-state index in [0.29, 0.717) is 0 Å². The maximum Gasteiger partial charge on any atom is 0.362 e. The van der Waals surface area contributed by atoms with Gasteiger partial charge in [0.15, 0.2) is 5.82 Å². The molecular weight excluding hydrogens is 184 g/mol. The predicted octanol–water partition coefficient (Wildman–Crippen LogP) is 0.402. The Bertz CT molecular complexity index is 351. The first-order valence-corrected chi connectivity index (χ1v) is 4.18. The molecule has 0 fully saturated rings. The van der Waals surface area contributed by atoms with Crippen LogP contribution in [-0.2, 0) is 10.3 Å². The lowest BCUT2D eigenvalue weighted by atomic mass is 10.1. The summed E-state index contributed by atoms with van der Waals surface area (Å²) < 4.78 is 5.99. The fourth-order valence-electron chi connectivity index (χ4n) is 1.03. The summed E-state index contributed by atoms with van der Waals surface area (Å²) in [5, 5.41) is 7.46. The van der Waals surface area contributed by atoms with Crippen LogP contribution >= 0.6 is 0 Å². The van der Waals surface area contributed by atoms with E-state index in [9.17, 15) is 4.79 Å². The fourth-order valence-corrected chi connectivity index (χ4v) is 1.03. The van der Waals surface area contributed by atoms with Gasteiger partial charge in [0, 0.05) is 0 Å². The number of rotatable bonds is 1. The van der Waals surface area contributed by atoms with Gasteiger partial charge >= 0.3 is 5.97 Å². The third-order valence-corrected chi connectivity index (χ3v) is 1.72. The molecule has 1 aromatic heterocycles. The monoisotopic (exact) mass is 198 g/mol. The number of methoxy groups -OCH3 is 1. The lowest BCUT2D eigenvalue weighted by molar-refractivity contribution is 0.0595. The van der Waals surface area contributed by atoms with Crippen molar-refractivity contribution in [1.82, 2.24) is 15.0 Å². The molecule has 1 aromatic rings. The average molecular weight is 198 g/mol. The number of anilines is 1. The van der Waals surface area contributed by atoms with Crippen LogP contribution < -0.4 is 5.73 Å². The van der Waals surface area contributed by atoms with Crippen LogP contribution in [0, 0.1) is 0 Å². The molecule has 1 rings (SSSR count). The van der Waals surface area contributed by atoms with Crippen LogP contribution in [0.1, 0.15) is 31.3 Å². The molecule has 0 radical (unpaired) electrons. The van der Waals surface area contributed by atoms with Gasteiger partial charge in [-0.3, -0.25) is 0 Å². The first-order valence-electron chi connectivity index (χ1n) is 4.18. The Hall–Kier alpha value is -1.59. The summed E-state index contributed by atoms with van der Waals surface area (Å²) in [5.41, 5.74) is 5.46. The van der Waals surface area contributed by atoms with Crippen molar-refractivity contribution in [2.45, 2.75) is 26.3 Å². The van der Waals surface area contributed by atoms with Gasteiger partial charge in [-0.15, -0.1) is 5.10 Å². The lowest BCUT2D eigenvalue weighted by Crippen LogP contribution is -2.25. The summed E-state index contributed by atoms with van der Waals surface area (Å²) in [7, 11) is 1.28. The van der Waals surface area contributed by atoms with E-state index in [1.165, 1.54) is 11.8 Å². The van der Waals surface area contributed by atoms with Crippen molar-refractivity contribution in [3.8, 4) is 0 Å². The molecule has 78 valence electrons. The number of hydrogen-bond donors (Lipinski definition) is 1. The number of ether oxygens (including phenoxy) is 1. The van der Waals surface area contributed by atoms with Crippen molar-refractivity contribution in [2.75, 3.05) is 12.8 Å². The molecule has 0 spiro atoms. The van der Waals surface area contributed by atoms with Gasteiger partial charge in [0.2, 0.25) is 5.69 Å². The van der Waals surface area contributed by atoms with Gasteiger partial charge in [0.1, 0.15) is 0 Å². The van der Waals surface area contributed by atoms with E-state index in [-0.39, 0.29) is 17.1 Å². The number of esters is 1. The lowest BCUT2D eigenvalue weighted by Gasteiger charge is -2.19. The number of aromatic nitrogens is 3. The van der Waals surface area contributed by atoms with Gasteiger partial charge in [0.25, 0.3) is 0 Å². The zero-order valence-corrected chi connectivity index (χ0v) is 8.74. The topological polar surface area (TPSA) is 83.0 Å². The van der Waals surface area contributed by atoms with Crippen LogP contribution in [0.3, 0.4) is 0 Å². The van der Waals surface area contributed by atoms with E-state index in [0.717, 1.165) is 0 Å². The second-order valence-electron chi connectivity index (χ2n) is 3.90. The Morgan fingerprint density at radius 1 is 1.50 bits per heavy atom. The summed E-state index contributed by atoms with van der Waals surface area (Å²) in [6.45, 7) is 5.75. The molecule has 0 aromatic carbocycles. The number of nitrogen functional groups attached to an aromatic ring is 1. The van der Waals surface area contributed by atoms with Crippen LogP contribution in [0.25, 0.3) is 0 Å². The second kappa shape index (κ2) is 3.28. The highest BCUT2D eigenvalue weighted by Gasteiger charge is 2.24. The minimum atomic E-state index is -0.571. The largest absolute Gasteiger partial charge is 0.464 e. The molecule has 0 saturated heterocycles. The van der Waals surface area contributed by atoms with Gasteiger partial charge < -0.3 is 10.5 Å². The van der Waals surface area contributed by atoms with E-state index in [2.05, 4.69) is 15.0 Å². The molecule has 2 N–H and O–H groups in total. The van der Waals surface area contributed by atoms with Crippen LogP contribution in [-0.4, -0.2) is 28.1 Å². The van der Waals surface area contributed by atoms with Crippen LogP contribution in [0.2, 0.25) is 0 Å². The van der Waals surface area contributed by atoms with Gasteiger partial charge in [-0.1, -0.05) is 5.21 Å². The third-order valence-electron chi connectivity index (χ3n) is 1.72. The molecule has 0 aliphatic rings. The molecule has 6 heteroatoms. The summed E-state index contributed by atoms with van der Waals surface area (Å²) in [6.07, 6.45) is 0. The molecule has 0 bridgehead atoms. The zero-order valence-electron chi connectivity index (χ0n) is 8.74. The fraction of sp³-hybridized carbons (Fsp3) is 0.625. The number of nitrogens with zero attached hydrogens (tertiary/aromatic N) is 3. The summed E-state index contributed by atoms with van der Waals surface area (Å²) in [4.78, 5) is 11.2. The highest BCUT2D eigenvalue weighted by molar-refractivity contribution is 5.91. The predicted molar refractivity (Wildman–Crippen MR) is 50.8 cm³/mol. The first-order chi connectivity index (χ1) is 6.38. The molecule has 6 nitrogen and oxygen atoms in total. The molecule has 0 unspecified atom stereocenters. The number of hydrogen-bond acceptors (Lipinski definition) is 5. The summed E-state index contributed by atoms with van der Waals surface area (Å²) >= 11 is 0. The Morgan fingerprint density at radius 3 is 2.43 bits per heavy atom. The van der Waals surface area contributed by atoms with Gasteiger partial charge in [-0.25, -0.2) is 9.48 Å². The van der Waals surface area contributed by atoms with Gasteiger partial charge in [-0.05, 0) is 20.8 Å². The van der Waals surface area contributed by atoms with E-state index < -0.39 is 5.97 Å². The summed E-state index contributed by atoms with van der Waals surface area (Å²) in [6, 6.07) is 0. The van der Waals surface area contributed by atoms with Crippen molar-refractivity contribution < 1.29 is 9.53 Å². The SMILES string of the molecule is COC(=O)c1nnn(C(C)(C)C)c1N. The maximum atomic E-state index is 11.2. The molecule has 0 aliphatic heterocycles. The second-order valence-corrected chi connectivity index (χ2v) is 3.90. The van der Waals surface area contributed by atoms with Crippen molar-refractivity contribution >= 4 is 11.8 Å². The Balaban J connectivity index is 3.15. The normalized spacial score (nSPS) is 11.4. The number of carbonyl (C=O) groups is 1. The number of nitrogens with two attached hydrogens (primary N) is 1. The van der Waals surface area contributed by atoms with Gasteiger partial charge in [-0.2, -0.15) is 0 Å². The minimum absolute atomic E-state index is 0.0578. The molecule has 14 heavy (non-hydrogen) atoms. The molecular formula is C8H14N4O2. The summed E-state index contributed by atoms with van der Waals surface area (Å²) in [5.74, 6) is -0.345. The van der Waals surface area contributed by atoms with E-state index >= 15 is 0 Å². The van der Waals surface area contributed by atoms with Crippen LogP contribution in [0.15, 0.2) is 0 Å². The molecule has 0 amide bonds. The van der Waals surface area contributed by atoms with Gasteiger partial charge in [0.05, 0.1) is 12.6 Å². The Kier molecular flexibility index (Phi) is 2.46. The van der Waals surface area contributed by atoms with E-state index in [1.807, 2.05) is 20.8 Å². The van der Waals surface area contributed by atoms with Crippen molar-refractivity contribution in [3.05, 3.63) is 5.69 Å². The van der Waals surface area contributed by atoms with Crippen molar-refractivity contribution in [2.24, 2.45) is 0 Å². The maximum absolute atomic E-state index is 11.2. The third kappa shape index (κ3) is 1.68. The van der Waals surface area contributed by atoms with E-state index in [4.69, 9.17) is 5.73 Å². The van der Waals surface area contributed by atoms with Crippen LogP contribution in [0.5, 0.6) is 0 Å². The van der Waals surface area contributed by atoms with Crippen molar-refractivity contribution in [3.63, 3.8) is 0 Å². The smallest absolute Gasteiger partial charge is 0.362 e. The Morgan fingerprint density at radius 2 is 2.07 bits per heavy atom. The molecule has 0 aliphatic carbocycles. The highest BCUT2D eigenvalue weighted by atomic mass is 16.5.